The van der Waals surface area contributed by atoms with E-state index >= 15 is 0 Å². The summed E-state index contributed by atoms with van der Waals surface area (Å²) in [6, 6.07) is 9.43. The summed E-state index contributed by atoms with van der Waals surface area (Å²) in [5, 5.41) is 0.813. The molecular weight excluding hydrogens is 268 g/mol. The highest BCUT2D eigenvalue weighted by atomic mass is 35.5. The fourth-order valence-corrected chi connectivity index (χ4v) is 4.52. The summed E-state index contributed by atoms with van der Waals surface area (Å²) in [6.45, 7) is 3.31. The van der Waals surface area contributed by atoms with Crippen LogP contribution < -0.4 is 5.73 Å². The van der Waals surface area contributed by atoms with Crippen LogP contribution in [-0.4, -0.2) is 23.5 Å². The molecule has 0 spiro atoms. The van der Waals surface area contributed by atoms with Crippen molar-refractivity contribution in [3.05, 3.63) is 34.9 Å². The minimum absolute atomic E-state index is 0.132. The van der Waals surface area contributed by atoms with Gasteiger partial charge in [0.05, 0.1) is 0 Å². The largest absolute Gasteiger partial charge is 0.326 e. The van der Waals surface area contributed by atoms with Crippen LogP contribution in [0.1, 0.15) is 50.6 Å². The Morgan fingerprint density at radius 2 is 2.05 bits per heavy atom. The highest BCUT2D eigenvalue weighted by Crippen LogP contribution is 2.41. The molecule has 3 heteroatoms. The molecule has 1 aromatic carbocycles. The molecular formula is C17H25ClN2. The number of likely N-dealkylation sites (tertiary alicyclic amines) is 1. The second-order valence-corrected chi connectivity index (χ2v) is 6.93. The van der Waals surface area contributed by atoms with Gasteiger partial charge in [-0.2, -0.15) is 0 Å². The van der Waals surface area contributed by atoms with Gasteiger partial charge in [0.15, 0.2) is 0 Å². The van der Waals surface area contributed by atoms with Crippen LogP contribution in [0.4, 0.5) is 0 Å². The molecule has 0 bridgehead atoms. The maximum Gasteiger partial charge on any atom is 0.0500 e. The Hall–Kier alpha value is -0.570. The predicted molar refractivity (Wildman–Crippen MR) is 84.9 cm³/mol. The normalized spacial score (nSPS) is 29.9. The number of piperidine rings is 1. The summed E-state index contributed by atoms with van der Waals surface area (Å²) in [6.07, 6.45) is 6.84. The Kier molecular flexibility index (Phi) is 4.34. The topological polar surface area (TPSA) is 29.3 Å². The van der Waals surface area contributed by atoms with Crippen molar-refractivity contribution in [1.82, 2.24) is 4.90 Å². The van der Waals surface area contributed by atoms with Crippen LogP contribution in [0.3, 0.4) is 0 Å². The molecule has 0 aromatic heterocycles. The number of rotatable bonds is 3. The summed E-state index contributed by atoms with van der Waals surface area (Å²) in [5.74, 6) is 0.893. The van der Waals surface area contributed by atoms with Crippen molar-refractivity contribution in [3.63, 3.8) is 0 Å². The zero-order valence-corrected chi connectivity index (χ0v) is 13.0. The lowest BCUT2D eigenvalue weighted by Crippen LogP contribution is -2.49. The molecule has 2 fully saturated rings. The van der Waals surface area contributed by atoms with Gasteiger partial charge >= 0.3 is 0 Å². The Balaban J connectivity index is 1.90. The van der Waals surface area contributed by atoms with Crippen molar-refractivity contribution < 1.29 is 0 Å². The lowest BCUT2D eigenvalue weighted by Gasteiger charge is -2.44. The van der Waals surface area contributed by atoms with E-state index in [4.69, 9.17) is 17.3 Å². The van der Waals surface area contributed by atoms with Gasteiger partial charge in [0, 0.05) is 23.1 Å². The van der Waals surface area contributed by atoms with Gasteiger partial charge in [0.1, 0.15) is 0 Å². The van der Waals surface area contributed by atoms with Crippen LogP contribution in [0.25, 0.3) is 0 Å². The zero-order chi connectivity index (χ0) is 14.1. The van der Waals surface area contributed by atoms with Crippen LogP contribution in [-0.2, 0) is 0 Å². The number of hydrogen-bond acceptors (Lipinski definition) is 2. The van der Waals surface area contributed by atoms with Gasteiger partial charge in [-0.05, 0) is 62.8 Å². The van der Waals surface area contributed by atoms with Crippen molar-refractivity contribution in [3.8, 4) is 0 Å². The van der Waals surface area contributed by atoms with Crippen LogP contribution in [0.5, 0.6) is 0 Å². The van der Waals surface area contributed by atoms with Gasteiger partial charge in [0.25, 0.3) is 0 Å². The Morgan fingerprint density at radius 3 is 2.80 bits per heavy atom. The zero-order valence-electron chi connectivity index (χ0n) is 12.3. The average Bonchev–Trinajstić information content (AvgIpc) is 2.88. The third kappa shape index (κ3) is 2.74. The van der Waals surface area contributed by atoms with Gasteiger partial charge in [-0.3, -0.25) is 4.90 Å². The predicted octanol–water partition coefficient (Wildman–Crippen LogP) is 3.99. The van der Waals surface area contributed by atoms with Crippen molar-refractivity contribution in [1.29, 1.82) is 0 Å². The minimum Gasteiger partial charge on any atom is -0.326 e. The highest BCUT2D eigenvalue weighted by Gasteiger charge is 2.39. The molecule has 3 rings (SSSR count). The molecule has 4 unspecified atom stereocenters. The molecule has 2 nitrogen and oxygen atoms in total. The van der Waals surface area contributed by atoms with E-state index in [-0.39, 0.29) is 6.04 Å². The third-order valence-corrected chi connectivity index (χ3v) is 5.32. The highest BCUT2D eigenvalue weighted by molar-refractivity contribution is 6.30. The molecule has 1 aliphatic heterocycles. The minimum atomic E-state index is 0.132. The van der Waals surface area contributed by atoms with Crippen molar-refractivity contribution in [2.45, 2.75) is 57.2 Å². The van der Waals surface area contributed by atoms with Crippen LogP contribution in [0.2, 0.25) is 5.02 Å². The number of nitrogens with two attached hydrogens (primary N) is 1. The van der Waals surface area contributed by atoms with Crippen molar-refractivity contribution in [2.24, 2.45) is 11.7 Å². The number of halogens is 1. The lowest BCUT2D eigenvalue weighted by molar-refractivity contribution is 0.0571. The van der Waals surface area contributed by atoms with E-state index in [1.807, 2.05) is 12.1 Å². The molecule has 1 saturated carbocycles. The Labute approximate surface area is 127 Å². The molecule has 1 aliphatic carbocycles. The van der Waals surface area contributed by atoms with Crippen molar-refractivity contribution in [2.75, 3.05) is 6.54 Å². The number of benzene rings is 1. The Morgan fingerprint density at radius 1 is 1.25 bits per heavy atom. The first-order valence-corrected chi connectivity index (χ1v) is 8.31. The summed E-state index contributed by atoms with van der Waals surface area (Å²) < 4.78 is 0. The van der Waals surface area contributed by atoms with E-state index in [0.29, 0.717) is 6.04 Å². The van der Waals surface area contributed by atoms with Gasteiger partial charge in [-0.1, -0.05) is 30.2 Å². The molecule has 20 heavy (non-hydrogen) atoms. The van der Waals surface area contributed by atoms with Crippen LogP contribution in [0.15, 0.2) is 24.3 Å². The van der Waals surface area contributed by atoms with Gasteiger partial charge < -0.3 is 5.73 Å². The summed E-state index contributed by atoms with van der Waals surface area (Å²) in [4.78, 5) is 2.68. The first kappa shape index (κ1) is 14.4. The lowest BCUT2D eigenvalue weighted by atomic mass is 9.87. The molecule has 2 N–H and O–H groups in total. The average molecular weight is 293 g/mol. The Bertz CT molecular complexity index is 460. The fraction of sp³-hybridized carbons (Fsp3) is 0.647. The van der Waals surface area contributed by atoms with E-state index < -0.39 is 0 Å². The maximum atomic E-state index is 6.35. The fourth-order valence-electron chi connectivity index (χ4n) is 4.33. The summed E-state index contributed by atoms with van der Waals surface area (Å²) in [5.41, 5.74) is 7.63. The van der Waals surface area contributed by atoms with E-state index in [1.54, 1.807) is 0 Å². The van der Waals surface area contributed by atoms with E-state index in [1.165, 1.54) is 44.2 Å². The smallest absolute Gasteiger partial charge is 0.0500 e. The second kappa shape index (κ2) is 6.05. The molecule has 1 aromatic rings. The molecule has 1 heterocycles. The summed E-state index contributed by atoms with van der Waals surface area (Å²) >= 11 is 6.18. The number of nitrogens with zero attached hydrogens (tertiary/aromatic N) is 1. The molecule has 0 amide bonds. The molecule has 2 aliphatic rings. The quantitative estimate of drug-likeness (QED) is 0.912. The first-order chi connectivity index (χ1) is 9.66. The molecule has 110 valence electrons. The monoisotopic (exact) mass is 292 g/mol. The maximum absolute atomic E-state index is 6.35. The van der Waals surface area contributed by atoms with Crippen molar-refractivity contribution >= 4 is 11.6 Å². The van der Waals surface area contributed by atoms with Crippen LogP contribution >= 0.6 is 11.6 Å². The van der Waals surface area contributed by atoms with E-state index in [9.17, 15) is 0 Å². The number of hydrogen-bond donors (Lipinski definition) is 1. The van der Waals surface area contributed by atoms with Gasteiger partial charge in [0.2, 0.25) is 0 Å². The molecule has 4 atom stereocenters. The second-order valence-electron chi connectivity index (χ2n) is 6.50. The third-order valence-electron chi connectivity index (χ3n) is 5.08. The standard InChI is InChI=1S/C17H25ClN2/c1-12(19)17(14-6-2-8-15(18)11-14)20-10-4-7-13-5-3-9-16(13)20/h2,6,8,11-13,16-17H,3-5,7,9-10,19H2,1H3. The number of fused-ring (bicyclic) bond motifs is 1. The molecule has 1 saturated heterocycles. The summed E-state index contributed by atoms with van der Waals surface area (Å²) in [7, 11) is 0. The van der Waals surface area contributed by atoms with E-state index in [0.717, 1.165) is 17.0 Å². The molecule has 0 radical (unpaired) electrons. The van der Waals surface area contributed by atoms with Crippen LogP contribution in [0, 0.1) is 5.92 Å². The first-order valence-electron chi connectivity index (χ1n) is 7.93. The SMILES string of the molecule is CC(N)C(c1cccc(Cl)c1)N1CCCC2CCCC21. The van der Waals surface area contributed by atoms with Gasteiger partial charge in [-0.25, -0.2) is 0 Å². The van der Waals surface area contributed by atoms with Gasteiger partial charge in [-0.15, -0.1) is 0 Å². The van der Waals surface area contributed by atoms with E-state index in [2.05, 4.69) is 24.0 Å².